The normalized spacial score (nSPS) is 10.3. The van der Waals surface area contributed by atoms with Gasteiger partial charge in [0.15, 0.2) is 5.82 Å². The highest BCUT2D eigenvalue weighted by atomic mass is 16.5. The molecule has 0 saturated heterocycles. The first-order valence-electron chi connectivity index (χ1n) is 4.88. The van der Waals surface area contributed by atoms with Crippen LogP contribution in [0.2, 0.25) is 0 Å². The Morgan fingerprint density at radius 2 is 2.50 bits per heavy atom. The molecule has 0 spiro atoms. The second-order valence-electron chi connectivity index (χ2n) is 3.09. The van der Waals surface area contributed by atoms with Gasteiger partial charge in [-0.1, -0.05) is 5.16 Å². The van der Waals surface area contributed by atoms with E-state index in [-0.39, 0.29) is 5.97 Å². The van der Waals surface area contributed by atoms with Crippen LogP contribution < -0.4 is 0 Å². The highest BCUT2D eigenvalue weighted by Crippen LogP contribution is 2.06. The lowest BCUT2D eigenvalue weighted by molar-refractivity contribution is 0.0514. The van der Waals surface area contributed by atoms with Crippen LogP contribution in [-0.4, -0.2) is 27.3 Å². The van der Waals surface area contributed by atoms with E-state index in [9.17, 15) is 4.79 Å². The molecule has 2 heterocycles. The summed E-state index contributed by atoms with van der Waals surface area (Å²) < 4.78 is 11.3. The minimum atomic E-state index is -0.351. The quantitative estimate of drug-likeness (QED) is 0.723. The fourth-order valence-corrected chi connectivity index (χ4v) is 1.36. The summed E-state index contributed by atoms with van der Waals surface area (Å²) in [6, 6.07) is 3.46. The molecule has 84 valence electrons. The Balaban J connectivity index is 2.16. The fourth-order valence-electron chi connectivity index (χ4n) is 1.36. The molecule has 0 N–H and O–H groups in total. The number of hydrogen-bond donors (Lipinski definition) is 0. The summed E-state index contributed by atoms with van der Waals surface area (Å²) in [5, 5.41) is 3.68. The largest absolute Gasteiger partial charge is 0.461 e. The molecule has 2 aromatic heterocycles. The molecular weight excluding hydrogens is 210 g/mol. The van der Waals surface area contributed by atoms with Crippen molar-refractivity contribution in [2.24, 2.45) is 0 Å². The summed E-state index contributed by atoms with van der Waals surface area (Å²) in [6.07, 6.45) is 3.02. The first-order chi connectivity index (χ1) is 7.81. The molecule has 0 aliphatic heterocycles. The lowest BCUT2D eigenvalue weighted by Crippen LogP contribution is -2.12. The summed E-state index contributed by atoms with van der Waals surface area (Å²) >= 11 is 0. The predicted molar refractivity (Wildman–Crippen MR) is 53.8 cm³/mol. The zero-order valence-corrected chi connectivity index (χ0v) is 8.79. The summed E-state index contributed by atoms with van der Waals surface area (Å²) in [4.78, 5) is 15.4. The Hall–Kier alpha value is -2.11. The highest BCUT2D eigenvalue weighted by molar-refractivity contribution is 5.87. The van der Waals surface area contributed by atoms with Crippen molar-refractivity contribution in [1.82, 2.24) is 14.7 Å². The number of nitrogens with zero attached hydrogens (tertiary/aromatic N) is 3. The van der Waals surface area contributed by atoms with Crippen molar-refractivity contribution in [2.45, 2.75) is 13.5 Å². The predicted octanol–water partition coefficient (Wildman–Crippen LogP) is 1.10. The standard InChI is InChI=1S/C10H11N3O3/c1-2-15-10(14)8-4-3-5-13(8)6-9-11-7-16-12-9/h3-5,7H,2,6H2,1H3. The summed E-state index contributed by atoms with van der Waals surface area (Å²) in [7, 11) is 0. The van der Waals surface area contributed by atoms with Crippen molar-refractivity contribution in [2.75, 3.05) is 6.61 Å². The Kier molecular flexibility index (Phi) is 3.00. The first kappa shape index (κ1) is 10.4. The van der Waals surface area contributed by atoms with Crippen LogP contribution >= 0.6 is 0 Å². The zero-order chi connectivity index (χ0) is 11.4. The number of rotatable bonds is 4. The maximum Gasteiger partial charge on any atom is 0.354 e. The van der Waals surface area contributed by atoms with E-state index in [1.54, 1.807) is 29.8 Å². The lowest BCUT2D eigenvalue weighted by Gasteiger charge is -2.05. The number of aromatic nitrogens is 3. The van der Waals surface area contributed by atoms with E-state index in [4.69, 9.17) is 4.74 Å². The summed E-state index contributed by atoms with van der Waals surface area (Å²) in [6.45, 7) is 2.51. The van der Waals surface area contributed by atoms with E-state index in [1.165, 1.54) is 6.39 Å². The molecule has 0 fully saturated rings. The van der Waals surface area contributed by atoms with Crippen LogP contribution in [0.5, 0.6) is 0 Å². The maximum absolute atomic E-state index is 11.5. The summed E-state index contributed by atoms with van der Waals surface area (Å²) in [5.74, 6) is 0.165. The van der Waals surface area contributed by atoms with Gasteiger partial charge in [0.25, 0.3) is 0 Å². The van der Waals surface area contributed by atoms with Crippen LogP contribution in [0.1, 0.15) is 23.2 Å². The van der Waals surface area contributed by atoms with Crippen molar-refractivity contribution >= 4 is 5.97 Å². The first-order valence-corrected chi connectivity index (χ1v) is 4.88. The monoisotopic (exact) mass is 221 g/mol. The smallest absolute Gasteiger partial charge is 0.354 e. The van der Waals surface area contributed by atoms with Crippen LogP contribution in [0.4, 0.5) is 0 Å². The highest BCUT2D eigenvalue weighted by Gasteiger charge is 2.12. The fraction of sp³-hybridized carbons (Fsp3) is 0.300. The Bertz CT molecular complexity index is 461. The molecule has 0 bridgehead atoms. The van der Waals surface area contributed by atoms with Gasteiger partial charge in [0, 0.05) is 6.20 Å². The molecule has 2 rings (SSSR count). The van der Waals surface area contributed by atoms with E-state index in [0.717, 1.165) is 0 Å². The maximum atomic E-state index is 11.5. The van der Waals surface area contributed by atoms with Gasteiger partial charge in [-0.05, 0) is 19.1 Å². The van der Waals surface area contributed by atoms with E-state index >= 15 is 0 Å². The second-order valence-corrected chi connectivity index (χ2v) is 3.09. The van der Waals surface area contributed by atoms with Gasteiger partial charge < -0.3 is 13.8 Å². The van der Waals surface area contributed by atoms with Crippen LogP contribution in [0.25, 0.3) is 0 Å². The van der Waals surface area contributed by atoms with Gasteiger partial charge in [-0.15, -0.1) is 0 Å². The molecule has 0 aromatic carbocycles. The van der Waals surface area contributed by atoms with Crippen LogP contribution in [0, 0.1) is 0 Å². The molecule has 0 amide bonds. The topological polar surface area (TPSA) is 70.2 Å². The SMILES string of the molecule is CCOC(=O)c1cccn1Cc1ncon1. The average Bonchev–Trinajstić information content (AvgIpc) is 2.90. The van der Waals surface area contributed by atoms with E-state index < -0.39 is 0 Å². The third kappa shape index (κ3) is 2.10. The molecule has 0 aliphatic rings. The zero-order valence-electron chi connectivity index (χ0n) is 8.79. The number of carbonyl (C=O) groups is 1. The molecule has 16 heavy (non-hydrogen) atoms. The van der Waals surface area contributed by atoms with E-state index in [0.29, 0.717) is 24.7 Å². The Morgan fingerprint density at radius 1 is 1.62 bits per heavy atom. The van der Waals surface area contributed by atoms with Crippen molar-refractivity contribution in [1.29, 1.82) is 0 Å². The molecule has 0 aliphatic carbocycles. The molecule has 0 atom stereocenters. The van der Waals surface area contributed by atoms with Crippen molar-refractivity contribution in [3.8, 4) is 0 Å². The van der Waals surface area contributed by atoms with Gasteiger partial charge in [-0.3, -0.25) is 0 Å². The van der Waals surface area contributed by atoms with Crippen molar-refractivity contribution in [3.63, 3.8) is 0 Å². The van der Waals surface area contributed by atoms with Gasteiger partial charge in [0.05, 0.1) is 13.2 Å². The minimum absolute atomic E-state index is 0.351. The number of hydrogen-bond acceptors (Lipinski definition) is 5. The van der Waals surface area contributed by atoms with E-state index in [2.05, 4.69) is 14.7 Å². The minimum Gasteiger partial charge on any atom is -0.461 e. The third-order valence-corrected chi connectivity index (χ3v) is 2.03. The molecule has 6 heteroatoms. The molecule has 0 unspecified atom stereocenters. The number of esters is 1. The van der Waals surface area contributed by atoms with Gasteiger partial charge in [-0.25, -0.2) is 4.79 Å². The van der Waals surface area contributed by atoms with Crippen LogP contribution in [0.3, 0.4) is 0 Å². The number of ether oxygens (including phenoxy) is 1. The average molecular weight is 221 g/mol. The molecule has 0 radical (unpaired) electrons. The molecule has 0 saturated carbocycles. The van der Waals surface area contributed by atoms with Crippen LogP contribution in [0.15, 0.2) is 29.2 Å². The van der Waals surface area contributed by atoms with Crippen molar-refractivity contribution < 1.29 is 14.1 Å². The van der Waals surface area contributed by atoms with Gasteiger partial charge in [0.2, 0.25) is 6.39 Å². The molecular formula is C10H11N3O3. The summed E-state index contributed by atoms with van der Waals surface area (Å²) in [5.41, 5.74) is 0.478. The van der Waals surface area contributed by atoms with Crippen molar-refractivity contribution in [3.05, 3.63) is 36.2 Å². The lowest BCUT2D eigenvalue weighted by atomic mass is 10.4. The van der Waals surface area contributed by atoms with Gasteiger partial charge >= 0.3 is 5.97 Å². The van der Waals surface area contributed by atoms with E-state index in [1.807, 2.05) is 0 Å². The number of carbonyl (C=O) groups excluding carboxylic acids is 1. The van der Waals surface area contributed by atoms with Crippen LogP contribution in [-0.2, 0) is 11.3 Å². The van der Waals surface area contributed by atoms with Gasteiger partial charge in [0.1, 0.15) is 5.69 Å². The Labute approximate surface area is 91.8 Å². The van der Waals surface area contributed by atoms with Gasteiger partial charge in [-0.2, -0.15) is 4.98 Å². The Morgan fingerprint density at radius 3 is 3.19 bits per heavy atom. The second kappa shape index (κ2) is 4.61. The molecule has 6 nitrogen and oxygen atoms in total. The third-order valence-electron chi connectivity index (χ3n) is 2.03. The molecule has 2 aromatic rings.